The molecule has 0 radical (unpaired) electrons. The third-order valence-electron chi connectivity index (χ3n) is 2.55. The predicted octanol–water partition coefficient (Wildman–Crippen LogP) is 4.98. The molecule has 0 bridgehead atoms. The van der Waals surface area contributed by atoms with E-state index >= 15 is 0 Å². The van der Waals surface area contributed by atoms with Crippen molar-refractivity contribution in [2.75, 3.05) is 11.1 Å². The van der Waals surface area contributed by atoms with Crippen LogP contribution in [0.25, 0.3) is 0 Å². The summed E-state index contributed by atoms with van der Waals surface area (Å²) >= 11 is 6.72. The zero-order valence-electron chi connectivity index (χ0n) is 9.60. The molecular weight excluding hydrogens is 363 g/mol. The van der Waals surface area contributed by atoms with Crippen LogP contribution < -0.4 is 11.1 Å². The van der Waals surface area contributed by atoms with Crippen molar-refractivity contribution < 1.29 is 4.39 Å². The Morgan fingerprint density at radius 3 is 2.56 bits per heavy atom. The van der Waals surface area contributed by atoms with Crippen molar-refractivity contribution in [1.29, 1.82) is 0 Å². The van der Waals surface area contributed by atoms with Crippen molar-refractivity contribution in [1.82, 2.24) is 0 Å². The fraction of sp³-hybridized carbons (Fsp3) is 0.0769. The Bertz CT molecular complexity index is 600. The number of hydrogen-bond acceptors (Lipinski definition) is 2. The minimum Gasteiger partial charge on any atom is -0.398 e. The van der Waals surface area contributed by atoms with Gasteiger partial charge in [-0.25, -0.2) is 4.39 Å². The standard InChI is InChI=1S/C13H11Br2FN2/c1-7-4-12(9(15)6-11(7)17)18-13-5-8(14)2-3-10(13)16/h2-6,18H,17H2,1H3. The second-order valence-corrected chi connectivity index (χ2v) is 5.71. The van der Waals surface area contributed by atoms with Crippen molar-refractivity contribution in [3.63, 3.8) is 0 Å². The van der Waals surface area contributed by atoms with Gasteiger partial charge in [-0.1, -0.05) is 15.9 Å². The maximum Gasteiger partial charge on any atom is 0.146 e. The van der Waals surface area contributed by atoms with Gasteiger partial charge in [0, 0.05) is 14.6 Å². The number of anilines is 3. The Kier molecular flexibility index (Phi) is 3.92. The average Bonchev–Trinajstić information content (AvgIpc) is 2.30. The van der Waals surface area contributed by atoms with Crippen molar-refractivity contribution >= 4 is 48.9 Å². The number of benzene rings is 2. The molecule has 0 saturated heterocycles. The van der Waals surface area contributed by atoms with E-state index in [1.54, 1.807) is 18.2 Å². The third kappa shape index (κ3) is 2.84. The first kappa shape index (κ1) is 13.4. The maximum absolute atomic E-state index is 13.6. The van der Waals surface area contributed by atoms with E-state index in [0.717, 1.165) is 20.2 Å². The first-order valence-corrected chi connectivity index (χ1v) is 6.83. The highest BCUT2D eigenvalue weighted by Crippen LogP contribution is 2.31. The number of halogens is 3. The van der Waals surface area contributed by atoms with Crippen LogP contribution in [0.5, 0.6) is 0 Å². The third-order valence-corrected chi connectivity index (χ3v) is 3.70. The van der Waals surface area contributed by atoms with Crippen molar-refractivity contribution in [3.05, 3.63) is 50.7 Å². The molecule has 0 aromatic heterocycles. The smallest absolute Gasteiger partial charge is 0.146 e. The molecule has 0 heterocycles. The minimum atomic E-state index is -0.306. The van der Waals surface area contributed by atoms with Crippen LogP contribution in [0.4, 0.5) is 21.5 Å². The summed E-state index contributed by atoms with van der Waals surface area (Å²) in [6.07, 6.45) is 0. The molecule has 18 heavy (non-hydrogen) atoms. The summed E-state index contributed by atoms with van der Waals surface area (Å²) in [5.74, 6) is -0.306. The van der Waals surface area contributed by atoms with Crippen LogP contribution in [0.3, 0.4) is 0 Å². The summed E-state index contributed by atoms with van der Waals surface area (Å²) in [4.78, 5) is 0. The number of nitrogen functional groups attached to an aromatic ring is 1. The summed E-state index contributed by atoms with van der Waals surface area (Å²) in [6, 6.07) is 8.43. The zero-order chi connectivity index (χ0) is 13.3. The Morgan fingerprint density at radius 1 is 1.11 bits per heavy atom. The van der Waals surface area contributed by atoms with Gasteiger partial charge in [0.1, 0.15) is 5.82 Å². The molecule has 2 rings (SSSR count). The van der Waals surface area contributed by atoms with E-state index in [1.165, 1.54) is 6.07 Å². The predicted molar refractivity (Wildman–Crippen MR) is 80.7 cm³/mol. The largest absolute Gasteiger partial charge is 0.398 e. The quantitative estimate of drug-likeness (QED) is 0.728. The molecule has 0 unspecified atom stereocenters. The van der Waals surface area contributed by atoms with Crippen LogP contribution in [-0.4, -0.2) is 0 Å². The summed E-state index contributed by atoms with van der Waals surface area (Å²) in [5, 5.41) is 3.04. The molecule has 2 aromatic carbocycles. The van der Waals surface area contributed by atoms with Gasteiger partial charge in [-0.05, 0) is 58.7 Å². The normalized spacial score (nSPS) is 10.4. The lowest BCUT2D eigenvalue weighted by Crippen LogP contribution is -1.97. The van der Waals surface area contributed by atoms with E-state index in [9.17, 15) is 4.39 Å². The molecular formula is C13H11Br2FN2. The van der Waals surface area contributed by atoms with Gasteiger partial charge >= 0.3 is 0 Å². The van der Waals surface area contributed by atoms with E-state index in [4.69, 9.17) is 5.73 Å². The second-order valence-electron chi connectivity index (χ2n) is 3.94. The van der Waals surface area contributed by atoms with E-state index in [2.05, 4.69) is 37.2 Å². The second kappa shape index (κ2) is 5.28. The zero-order valence-corrected chi connectivity index (χ0v) is 12.8. The van der Waals surface area contributed by atoms with E-state index < -0.39 is 0 Å². The molecule has 5 heteroatoms. The van der Waals surface area contributed by atoms with Crippen LogP contribution in [0.1, 0.15) is 5.56 Å². The molecule has 2 nitrogen and oxygen atoms in total. The summed E-state index contributed by atoms with van der Waals surface area (Å²) in [5.41, 5.74) is 8.62. The average molecular weight is 374 g/mol. The lowest BCUT2D eigenvalue weighted by Gasteiger charge is -2.12. The molecule has 0 aliphatic heterocycles. The van der Waals surface area contributed by atoms with Crippen LogP contribution in [0.2, 0.25) is 0 Å². The van der Waals surface area contributed by atoms with Crippen LogP contribution >= 0.6 is 31.9 Å². The Morgan fingerprint density at radius 2 is 1.83 bits per heavy atom. The Hall–Kier alpha value is -1.07. The molecule has 3 N–H and O–H groups in total. The van der Waals surface area contributed by atoms with Crippen LogP contribution in [0.15, 0.2) is 39.3 Å². The number of hydrogen-bond donors (Lipinski definition) is 2. The monoisotopic (exact) mass is 372 g/mol. The highest BCUT2D eigenvalue weighted by Gasteiger charge is 2.07. The lowest BCUT2D eigenvalue weighted by molar-refractivity contribution is 0.631. The molecule has 2 aromatic rings. The van der Waals surface area contributed by atoms with Crippen molar-refractivity contribution in [3.8, 4) is 0 Å². The van der Waals surface area contributed by atoms with Gasteiger partial charge in [0.05, 0.1) is 11.4 Å². The highest BCUT2D eigenvalue weighted by atomic mass is 79.9. The molecule has 0 atom stereocenters. The van der Waals surface area contributed by atoms with Gasteiger partial charge in [0.2, 0.25) is 0 Å². The van der Waals surface area contributed by atoms with Gasteiger partial charge in [-0.2, -0.15) is 0 Å². The lowest BCUT2D eigenvalue weighted by atomic mass is 10.2. The molecule has 0 saturated carbocycles. The number of rotatable bonds is 2. The first-order valence-electron chi connectivity index (χ1n) is 5.25. The summed E-state index contributed by atoms with van der Waals surface area (Å²) in [6.45, 7) is 1.91. The topological polar surface area (TPSA) is 38.0 Å². The highest BCUT2D eigenvalue weighted by molar-refractivity contribution is 9.10. The van der Waals surface area contributed by atoms with Gasteiger partial charge < -0.3 is 11.1 Å². The molecule has 0 spiro atoms. The molecule has 94 valence electrons. The Labute approximate surface area is 122 Å². The maximum atomic E-state index is 13.6. The molecule has 0 aliphatic carbocycles. The van der Waals surface area contributed by atoms with Gasteiger partial charge in [0.25, 0.3) is 0 Å². The van der Waals surface area contributed by atoms with E-state index in [0.29, 0.717) is 11.4 Å². The minimum absolute atomic E-state index is 0.306. The van der Waals surface area contributed by atoms with Crippen LogP contribution in [0, 0.1) is 12.7 Å². The summed E-state index contributed by atoms with van der Waals surface area (Å²) in [7, 11) is 0. The van der Waals surface area contributed by atoms with Crippen molar-refractivity contribution in [2.45, 2.75) is 6.92 Å². The number of nitrogens with one attached hydrogen (secondary N) is 1. The molecule has 0 aliphatic rings. The first-order chi connectivity index (χ1) is 8.47. The van der Waals surface area contributed by atoms with E-state index in [-0.39, 0.29) is 5.82 Å². The fourth-order valence-electron chi connectivity index (χ4n) is 1.53. The molecule has 0 fully saturated rings. The molecule has 0 amide bonds. The van der Waals surface area contributed by atoms with Crippen molar-refractivity contribution in [2.24, 2.45) is 0 Å². The Balaban J connectivity index is 2.40. The van der Waals surface area contributed by atoms with Crippen LogP contribution in [-0.2, 0) is 0 Å². The van der Waals surface area contributed by atoms with Gasteiger partial charge in [-0.15, -0.1) is 0 Å². The number of nitrogens with two attached hydrogens (primary N) is 1. The van der Waals surface area contributed by atoms with Gasteiger partial charge in [-0.3, -0.25) is 0 Å². The van der Waals surface area contributed by atoms with E-state index in [1.807, 2.05) is 13.0 Å². The fourth-order valence-corrected chi connectivity index (χ4v) is 2.35. The number of aryl methyl sites for hydroxylation is 1. The van der Waals surface area contributed by atoms with Gasteiger partial charge in [0.15, 0.2) is 0 Å². The SMILES string of the molecule is Cc1cc(Nc2cc(Br)ccc2F)c(Br)cc1N. The summed E-state index contributed by atoms with van der Waals surface area (Å²) < 4.78 is 15.3.